The molecule has 7 nitrogen and oxygen atoms in total. The van der Waals surface area contributed by atoms with Gasteiger partial charge in [0.25, 0.3) is 5.91 Å². The Kier molecular flexibility index (Phi) is 6.39. The highest BCUT2D eigenvalue weighted by atomic mass is 16.5. The van der Waals surface area contributed by atoms with Gasteiger partial charge in [-0.25, -0.2) is 9.50 Å². The summed E-state index contributed by atoms with van der Waals surface area (Å²) >= 11 is 0. The summed E-state index contributed by atoms with van der Waals surface area (Å²) in [5.74, 6) is 1.99. The number of nitrogens with zero attached hydrogens (tertiary/aromatic N) is 3. The van der Waals surface area contributed by atoms with Gasteiger partial charge in [-0.1, -0.05) is 13.0 Å². The SMILES string of the molecule is CCOc1ccc(CCNC(=O)c2cnn3c4c(cnc23)C[C@H](C)CC4)cc1OCC. The molecule has 0 saturated carbocycles. The van der Waals surface area contributed by atoms with Crippen LogP contribution in [0.5, 0.6) is 11.5 Å². The van der Waals surface area contributed by atoms with Crippen LogP contribution < -0.4 is 14.8 Å². The molecule has 0 bridgehead atoms. The number of hydrogen-bond acceptors (Lipinski definition) is 5. The summed E-state index contributed by atoms with van der Waals surface area (Å²) in [7, 11) is 0. The molecule has 1 aromatic carbocycles. The fraction of sp³-hybridized carbons (Fsp3) is 0.458. The largest absolute Gasteiger partial charge is 0.490 e. The molecule has 1 aliphatic carbocycles. The van der Waals surface area contributed by atoms with Crippen molar-refractivity contribution < 1.29 is 14.3 Å². The van der Waals surface area contributed by atoms with Crippen LogP contribution in [0, 0.1) is 5.92 Å². The summed E-state index contributed by atoms with van der Waals surface area (Å²) in [6.07, 6.45) is 7.36. The van der Waals surface area contributed by atoms with E-state index in [1.54, 1.807) is 6.20 Å². The van der Waals surface area contributed by atoms with Crippen molar-refractivity contribution in [3.05, 3.63) is 53.0 Å². The lowest BCUT2D eigenvalue weighted by atomic mass is 9.89. The van der Waals surface area contributed by atoms with Gasteiger partial charge in [-0.3, -0.25) is 4.79 Å². The average molecular weight is 423 g/mol. The van der Waals surface area contributed by atoms with Gasteiger partial charge in [0.15, 0.2) is 17.1 Å². The molecule has 0 saturated heterocycles. The minimum Gasteiger partial charge on any atom is -0.490 e. The lowest BCUT2D eigenvalue weighted by Gasteiger charge is -2.21. The third kappa shape index (κ3) is 4.50. The molecule has 1 N–H and O–H groups in total. The van der Waals surface area contributed by atoms with Crippen molar-refractivity contribution in [1.82, 2.24) is 19.9 Å². The van der Waals surface area contributed by atoms with Gasteiger partial charge in [-0.05, 0) is 68.7 Å². The van der Waals surface area contributed by atoms with E-state index in [1.807, 2.05) is 42.8 Å². The minimum atomic E-state index is -0.150. The van der Waals surface area contributed by atoms with Crippen molar-refractivity contribution in [2.75, 3.05) is 19.8 Å². The molecule has 7 heteroatoms. The zero-order chi connectivity index (χ0) is 21.8. The number of hydrogen-bond donors (Lipinski definition) is 1. The second kappa shape index (κ2) is 9.37. The molecule has 2 heterocycles. The first-order valence-corrected chi connectivity index (χ1v) is 11.1. The van der Waals surface area contributed by atoms with Crippen molar-refractivity contribution in [2.24, 2.45) is 5.92 Å². The average Bonchev–Trinajstić information content (AvgIpc) is 3.20. The van der Waals surface area contributed by atoms with E-state index in [0.717, 1.165) is 36.3 Å². The topological polar surface area (TPSA) is 77.8 Å². The van der Waals surface area contributed by atoms with E-state index in [1.165, 1.54) is 11.3 Å². The van der Waals surface area contributed by atoms with E-state index in [9.17, 15) is 4.79 Å². The lowest BCUT2D eigenvalue weighted by molar-refractivity contribution is 0.0955. The van der Waals surface area contributed by atoms with Crippen molar-refractivity contribution >= 4 is 11.6 Å². The van der Waals surface area contributed by atoms with Gasteiger partial charge in [-0.15, -0.1) is 0 Å². The first-order valence-electron chi connectivity index (χ1n) is 11.1. The number of fused-ring (bicyclic) bond motifs is 3. The van der Waals surface area contributed by atoms with Crippen LogP contribution in [-0.2, 0) is 19.3 Å². The van der Waals surface area contributed by atoms with Crippen LogP contribution in [-0.4, -0.2) is 40.3 Å². The Morgan fingerprint density at radius 1 is 1.19 bits per heavy atom. The molecule has 1 atom stereocenters. The molecule has 1 amide bonds. The molecule has 2 aromatic heterocycles. The van der Waals surface area contributed by atoms with E-state index in [-0.39, 0.29) is 5.91 Å². The van der Waals surface area contributed by atoms with Crippen LogP contribution in [0.15, 0.2) is 30.6 Å². The van der Waals surface area contributed by atoms with Crippen molar-refractivity contribution in [2.45, 2.75) is 46.5 Å². The standard InChI is InChI=1S/C24H30N4O3/c1-4-30-21-9-7-17(13-22(21)31-5-2)10-11-25-24(29)19-15-27-28-20-8-6-16(3)12-18(20)14-26-23(19)28/h7,9,13-16H,4-6,8,10-12H2,1-3H3,(H,25,29)/t16-/m1/s1. The number of rotatable bonds is 8. The van der Waals surface area contributed by atoms with Crippen molar-refractivity contribution in [3.63, 3.8) is 0 Å². The maximum absolute atomic E-state index is 12.8. The van der Waals surface area contributed by atoms with Gasteiger partial charge in [0.1, 0.15) is 5.56 Å². The molecular weight excluding hydrogens is 392 g/mol. The van der Waals surface area contributed by atoms with Crippen LogP contribution in [0.2, 0.25) is 0 Å². The number of aromatic nitrogens is 3. The predicted octanol–water partition coefficient (Wildman–Crippen LogP) is 3.62. The quantitative estimate of drug-likeness (QED) is 0.600. The number of ether oxygens (including phenoxy) is 2. The fourth-order valence-electron chi connectivity index (χ4n) is 4.14. The van der Waals surface area contributed by atoms with E-state index in [0.29, 0.717) is 43.3 Å². The first-order chi connectivity index (χ1) is 15.1. The normalized spacial score (nSPS) is 15.5. The summed E-state index contributed by atoms with van der Waals surface area (Å²) in [6.45, 7) is 7.83. The summed E-state index contributed by atoms with van der Waals surface area (Å²) in [6, 6.07) is 5.90. The molecule has 3 aromatic rings. The Morgan fingerprint density at radius 3 is 2.81 bits per heavy atom. The van der Waals surface area contributed by atoms with Crippen molar-refractivity contribution in [3.8, 4) is 11.5 Å². The van der Waals surface area contributed by atoms with Crippen LogP contribution in [0.25, 0.3) is 5.65 Å². The monoisotopic (exact) mass is 422 g/mol. The zero-order valence-electron chi connectivity index (χ0n) is 18.5. The molecule has 1 aliphatic rings. The van der Waals surface area contributed by atoms with Gasteiger partial charge >= 0.3 is 0 Å². The maximum Gasteiger partial charge on any atom is 0.256 e. The maximum atomic E-state index is 12.8. The van der Waals surface area contributed by atoms with Crippen LogP contribution in [0.1, 0.15) is 54.4 Å². The Labute approximate surface area is 182 Å². The van der Waals surface area contributed by atoms with Gasteiger partial charge in [0.2, 0.25) is 0 Å². The Bertz CT molecular complexity index is 1080. The number of carbonyl (C=O) groups excluding carboxylic acids is 1. The number of carbonyl (C=O) groups is 1. The zero-order valence-corrected chi connectivity index (χ0v) is 18.5. The highest BCUT2D eigenvalue weighted by molar-refractivity contribution is 5.99. The van der Waals surface area contributed by atoms with E-state index < -0.39 is 0 Å². The van der Waals surface area contributed by atoms with Crippen LogP contribution in [0.4, 0.5) is 0 Å². The predicted molar refractivity (Wildman–Crippen MR) is 119 cm³/mol. The minimum absolute atomic E-state index is 0.150. The first kappa shape index (κ1) is 21.2. The Morgan fingerprint density at radius 2 is 2.00 bits per heavy atom. The summed E-state index contributed by atoms with van der Waals surface area (Å²) in [5, 5.41) is 7.47. The molecular formula is C24H30N4O3. The highest BCUT2D eigenvalue weighted by Gasteiger charge is 2.22. The fourth-order valence-corrected chi connectivity index (χ4v) is 4.14. The molecule has 0 spiro atoms. The molecule has 0 fully saturated rings. The van der Waals surface area contributed by atoms with Crippen LogP contribution >= 0.6 is 0 Å². The highest BCUT2D eigenvalue weighted by Crippen LogP contribution is 2.29. The third-order valence-electron chi connectivity index (χ3n) is 5.71. The number of nitrogens with one attached hydrogen (secondary N) is 1. The second-order valence-corrected chi connectivity index (χ2v) is 8.02. The van der Waals surface area contributed by atoms with Gasteiger partial charge in [0.05, 0.1) is 19.4 Å². The van der Waals surface area contributed by atoms with Crippen LogP contribution in [0.3, 0.4) is 0 Å². The van der Waals surface area contributed by atoms with E-state index >= 15 is 0 Å². The number of amides is 1. The third-order valence-corrected chi connectivity index (χ3v) is 5.71. The molecule has 164 valence electrons. The van der Waals surface area contributed by atoms with Gasteiger partial charge < -0.3 is 14.8 Å². The Balaban J connectivity index is 1.43. The second-order valence-electron chi connectivity index (χ2n) is 8.02. The molecule has 0 aliphatic heterocycles. The molecule has 0 radical (unpaired) electrons. The van der Waals surface area contributed by atoms with Crippen molar-refractivity contribution in [1.29, 1.82) is 0 Å². The summed E-state index contributed by atoms with van der Waals surface area (Å²) < 4.78 is 13.1. The Hall–Kier alpha value is -3.09. The summed E-state index contributed by atoms with van der Waals surface area (Å²) in [5.41, 5.74) is 4.64. The number of benzene rings is 1. The lowest BCUT2D eigenvalue weighted by Crippen LogP contribution is -2.26. The molecule has 0 unspecified atom stereocenters. The summed E-state index contributed by atoms with van der Waals surface area (Å²) in [4.78, 5) is 17.3. The van der Waals surface area contributed by atoms with E-state index in [2.05, 4.69) is 22.3 Å². The van der Waals surface area contributed by atoms with Gasteiger partial charge in [-0.2, -0.15) is 5.10 Å². The van der Waals surface area contributed by atoms with Gasteiger partial charge in [0, 0.05) is 18.4 Å². The number of aryl methyl sites for hydroxylation is 1. The van der Waals surface area contributed by atoms with E-state index in [4.69, 9.17) is 9.47 Å². The molecule has 4 rings (SSSR count). The smallest absolute Gasteiger partial charge is 0.256 e. The molecule has 31 heavy (non-hydrogen) atoms.